The highest BCUT2D eigenvalue weighted by atomic mass is 28.5. The monoisotopic (exact) mass is 393 g/mol. The molecule has 0 heterocycles. The van der Waals surface area contributed by atoms with Crippen molar-refractivity contribution in [1.29, 1.82) is 0 Å². The highest BCUT2D eigenvalue weighted by Gasteiger charge is 2.43. The summed E-state index contributed by atoms with van der Waals surface area (Å²) in [7, 11) is -4.66. The first-order valence-electron chi connectivity index (χ1n) is 8.41. The number of carbonyl (C=O) groups excluding carboxylic acids is 2. The molecule has 0 bridgehead atoms. The van der Waals surface area contributed by atoms with Crippen LogP contribution in [-0.2, 0) is 17.7 Å². The normalized spacial score (nSPS) is 12.2. The zero-order valence-electron chi connectivity index (χ0n) is 16.0. The summed E-state index contributed by atoms with van der Waals surface area (Å²) in [6.07, 6.45) is 1.17. The Labute approximate surface area is 151 Å². The van der Waals surface area contributed by atoms with Gasteiger partial charge in [-0.15, -0.1) is 0 Å². The van der Waals surface area contributed by atoms with Gasteiger partial charge in [-0.1, -0.05) is 0 Å². The molecule has 0 aromatic carbocycles. The van der Waals surface area contributed by atoms with Gasteiger partial charge in [-0.05, 0) is 46.8 Å². The Morgan fingerprint density at radius 1 is 1.00 bits per heavy atom. The minimum atomic E-state index is -2.80. The van der Waals surface area contributed by atoms with Gasteiger partial charge in [-0.3, -0.25) is 0 Å². The summed E-state index contributed by atoms with van der Waals surface area (Å²) in [4.78, 5) is 26.2. The smallest absolute Gasteiger partial charge is 0.449 e. The maximum absolute atomic E-state index is 11.5. The molecule has 0 spiro atoms. The molecule has 0 aromatic heterocycles. The van der Waals surface area contributed by atoms with E-state index in [2.05, 4.69) is 40.2 Å². The fourth-order valence-electron chi connectivity index (χ4n) is 1.90. The summed E-state index contributed by atoms with van der Waals surface area (Å²) in [5.74, 6) is 0. The first kappa shape index (κ1) is 23.7. The first-order valence-corrected chi connectivity index (χ1v) is 13.7. The summed E-state index contributed by atoms with van der Waals surface area (Å²) in [6.45, 7) is 12.9. The van der Waals surface area contributed by atoms with E-state index in [1.54, 1.807) is 6.92 Å². The van der Waals surface area contributed by atoms with Gasteiger partial charge in [0.2, 0.25) is 0 Å². The Hall–Kier alpha value is -1.28. The molecule has 9 nitrogen and oxygen atoms in total. The number of hydrogen-bond acceptors (Lipinski definition) is 6. The lowest BCUT2D eigenvalue weighted by Gasteiger charge is -2.34. The molecular weight excluding hydrogens is 362 g/mol. The highest BCUT2D eigenvalue weighted by Crippen LogP contribution is 2.22. The van der Waals surface area contributed by atoms with Crippen molar-refractivity contribution < 1.29 is 27.3 Å². The van der Waals surface area contributed by atoms with Crippen LogP contribution in [-0.4, -0.2) is 55.3 Å². The minimum Gasteiger partial charge on any atom is -0.449 e. The van der Waals surface area contributed by atoms with E-state index < -0.39 is 29.2 Å². The van der Waals surface area contributed by atoms with Crippen molar-refractivity contribution in [2.45, 2.75) is 52.9 Å². The van der Waals surface area contributed by atoms with Crippen LogP contribution in [0.1, 0.15) is 27.2 Å². The molecule has 0 unspecified atom stereocenters. The van der Waals surface area contributed by atoms with E-state index in [9.17, 15) is 9.59 Å². The van der Waals surface area contributed by atoms with Crippen LogP contribution in [0.15, 0.2) is 4.99 Å². The van der Waals surface area contributed by atoms with Crippen LogP contribution in [0, 0.1) is 0 Å². The molecule has 0 saturated heterocycles. The van der Waals surface area contributed by atoms with Crippen LogP contribution in [0.4, 0.5) is 9.59 Å². The van der Waals surface area contributed by atoms with Gasteiger partial charge in [0.25, 0.3) is 0 Å². The topological polar surface area (TPSA) is 107 Å². The third-order valence-corrected chi connectivity index (χ3v) is 8.58. The number of aliphatic imine (C=N–C) groups is 1. The summed E-state index contributed by atoms with van der Waals surface area (Å²) < 4.78 is 22.5. The number of hydrazine groups is 1. The van der Waals surface area contributed by atoms with Crippen LogP contribution in [0.5, 0.6) is 0 Å². The lowest BCUT2D eigenvalue weighted by Crippen LogP contribution is -2.52. The number of hydrogen-bond donors (Lipinski definition) is 2. The average molecular weight is 394 g/mol. The van der Waals surface area contributed by atoms with E-state index in [4.69, 9.17) is 13.0 Å². The molecule has 0 atom stereocenters. The fraction of sp³-hybridized carbons (Fsp3) is 0.786. The third kappa shape index (κ3) is 11.8. The van der Waals surface area contributed by atoms with Crippen LogP contribution < -0.4 is 10.9 Å². The summed E-state index contributed by atoms with van der Waals surface area (Å²) in [5.41, 5.74) is 4.19. The lowest BCUT2D eigenvalue weighted by atomic mass is 10.5. The third-order valence-electron chi connectivity index (χ3n) is 2.53. The number of urea groups is 1. The van der Waals surface area contributed by atoms with Crippen molar-refractivity contribution in [2.75, 3.05) is 19.8 Å². The largest absolute Gasteiger partial charge is 0.490 e. The van der Waals surface area contributed by atoms with Gasteiger partial charge in [-0.25, -0.2) is 25.4 Å². The van der Waals surface area contributed by atoms with Gasteiger partial charge < -0.3 is 17.7 Å². The molecular formula is C14H31N3O6Si2. The molecule has 0 radical (unpaired) electrons. The number of carbonyl (C=O) groups is 2. The molecule has 0 aliphatic carbocycles. The van der Waals surface area contributed by atoms with Crippen LogP contribution >= 0.6 is 0 Å². The molecule has 0 saturated carbocycles. The molecule has 2 N–H and O–H groups in total. The van der Waals surface area contributed by atoms with E-state index in [1.807, 2.05) is 13.8 Å². The molecule has 0 aliphatic rings. The standard InChI is InChI=1S/C14H31N3O6Si2/c1-7-20-14(19)17-16-13(18)15-11-10-12-25(21-8-2,22-9-3)23-24(4,5)6/h11H,7-10,12H2,1-6H3,(H,16,18)(H,17,19). The van der Waals surface area contributed by atoms with Gasteiger partial charge >= 0.3 is 20.9 Å². The Morgan fingerprint density at radius 2 is 1.60 bits per heavy atom. The van der Waals surface area contributed by atoms with Gasteiger partial charge in [-0.2, -0.15) is 0 Å². The summed E-state index contributed by atoms with van der Waals surface area (Å²) in [5, 5.41) is 0. The van der Waals surface area contributed by atoms with Gasteiger partial charge in [0.1, 0.15) is 0 Å². The van der Waals surface area contributed by atoms with E-state index in [0.717, 1.165) is 0 Å². The summed E-state index contributed by atoms with van der Waals surface area (Å²) in [6, 6.07) is -0.166. The van der Waals surface area contributed by atoms with Crippen molar-refractivity contribution in [3.8, 4) is 0 Å². The second-order valence-corrected chi connectivity index (χ2v) is 13.4. The molecule has 146 valence electrons. The van der Waals surface area contributed by atoms with Gasteiger partial charge in [0.15, 0.2) is 8.32 Å². The Kier molecular flexibility index (Phi) is 11.5. The summed E-state index contributed by atoms with van der Waals surface area (Å²) >= 11 is 0. The van der Waals surface area contributed by atoms with E-state index in [0.29, 0.717) is 25.7 Å². The van der Waals surface area contributed by atoms with Crippen LogP contribution in [0.3, 0.4) is 0 Å². The van der Waals surface area contributed by atoms with Crippen molar-refractivity contribution in [1.82, 2.24) is 10.9 Å². The number of rotatable bonds is 10. The quantitative estimate of drug-likeness (QED) is 0.336. The minimum absolute atomic E-state index is 0.212. The zero-order valence-corrected chi connectivity index (χ0v) is 18.0. The lowest BCUT2D eigenvalue weighted by molar-refractivity contribution is 0.115. The van der Waals surface area contributed by atoms with Crippen molar-refractivity contribution >= 4 is 35.5 Å². The first-order chi connectivity index (χ1) is 11.7. The van der Waals surface area contributed by atoms with Crippen molar-refractivity contribution in [3.05, 3.63) is 0 Å². The highest BCUT2D eigenvalue weighted by molar-refractivity contribution is 6.80. The average Bonchev–Trinajstić information content (AvgIpc) is 2.49. The maximum atomic E-state index is 11.5. The predicted molar refractivity (Wildman–Crippen MR) is 100 cm³/mol. The molecule has 3 amide bonds. The van der Waals surface area contributed by atoms with Gasteiger partial charge in [0, 0.05) is 25.5 Å². The second kappa shape index (κ2) is 12.1. The van der Waals surface area contributed by atoms with E-state index >= 15 is 0 Å². The number of ether oxygens (including phenoxy) is 1. The molecule has 0 fully saturated rings. The van der Waals surface area contributed by atoms with Crippen molar-refractivity contribution in [2.24, 2.45) is 4.99 Å². The van der Waals surface area contributed by atoms with Gasteiger partial charge in [0.05, 0.1) is 6.61 Å². The van der Waals surface area contributed by atoms with E-state index in [-0.39, 0.29) is 6.61 Å². The van der Waals surface area contributed by atoms with Crippen molar-refractivity contribution in [3.63, 3.8) is 0 Å². The second-order valence-electron chi connectivity index (χ2n) is 5.89. The SMILES string of the molecule is CCOC(=O)NNC(=O)N=CCC[Si](OCC)(OCC)O[Si](C)(C)C. The van der Waals surface area contributed by atoms with Crippen LogP contribution in [0.25, 0.3) is 0 Å². The Morgan fingerprint density at radius 3 is 2.08 bits per heavy atom. The Balaban J connectivity index is 4.57. The fourth-order valence-corrected chi connectivity index (χ4v) is 8.24. The van der Waals surface area contributed by atoms with Crippen LogP contribution in [0.2, 0.25) is 25.7 Å². The zero-order chi connectivity index (χ0) is 19.3. The molecule has 11 heteroatoms. The number of nitrogens with zero attached hydrogens (tertiary/aromatic N) is 1. The number of nitrogens with one attached hydrogen (secondary N) is 2. The maximum Gasteiger partial charge on any atom is 0.490 e. The Bertz CT molecular complexity index is 437. The predicted octanol–water partition coefficient (Wildman–Crippen LogP) is 2.68. The molecule has 0 aromatic rings. The molecule has 0 rings (SSSR count). The van der Waals surface area contributed by atoms with E-state index in [1.165, 1.54) is 6.21 Å². The molecule has 25 heavy (non-hydrogen) atoms. The molecule has 0 aliphatic heterocycles. The number of amides is 3.